The molecule has 19 heavy (non-hydrogen) atoms. The second kappa shape index (κ2) is 5.73. The van der Waals surface area contributed by atoms with Crippen LogP contribution in [-0.2, 0) is 16.0 Å². The smallest absolute Gasteiger partial charge is 0.305 e. The van der Waals surface area contributed by atoms with Crippen molar-refractivity contribution in [2.45, 2.75) is 25.8 Å². The lowest BCUT2D eigenvalue weighted by molar-refractivity contribution is -0.138. The first-order chi connectivity index (χ1) is 9.10. The minimum Gasteiger partial charge on any atom is -0.481 e. The van der Waals surface area contributed by atoms with E-state index in [1.807, 2.05) is 29.2 Å². The SMILES string of the molecule is CCc1ccc(N2CC(=O)NCC2CC(=O)O)cc1. The van der Waals surface area contributed by atoms with Crippen molar-refractivity contribution in [3.63, 3.8) is 0 Å². The van der Waals surface area contributed by atoms with Crippen LogP contribution in [0.3, 0.4) is 0 Å². The number of carboxylic acids is 1. The van der Waals surface area contributed by atoms with Crippen LogP contribution >= 0.6 is 0 Å². The van der Waals surface area contributed by atoms with Gasteiger partial charge in [-0.15, -0.1) is 0 Å². The van der Waals surface area contributed by atoms with Gasteiger partial charge in [0.25, 0.3) is 0 Å². The number of rotatable bonds is 4. The number of aryl methyl sites for hydroxylation is 1. The number of amides is 1. The molecule has 0 bridgehead atoms. The summed E-state index contributed by atoms with van der Waals surface area (Å²) >= 11 is 0. The second-order valence-electron chi connectivity index (χ2n) is 4.70. The number of aliphatic carboxylic acids is 1. The second-order valence-corrected chi connectivity index (χ2v) is 4.70. The van der Waals surface area contributed by atoms with Crippen LogP contribution in [0.2, 0.25) is 0 Å². The predicted molar refractivity (Wildman–Crippen MR) is 72.2 cm³/mol. The summed E-state index contributed by atoms with van der Waals surface area (Å²) in [5.41, 5.74) is 2.12. The molecule has 0 spiro atoms. The van der Waals surface area contributed by atoms with Crippen molar-refractivity contribution >= 4 is 17.6 Å². The monoisotopic (exact) mass is 262 g/mol. The molecule has 1 aliphatic rings. The average molecular weight is 262 g/mol. The minimum absolute atomic E-state index is 0.0236. The van der Waals surface area contributed by atoms with Crippen LogP contribution in [0.5, 0.6) is 0 Å². The summed E-state index contributed by atoms with van der Waals surface area (Å²) in [6.07, 6.45) is 0.981. The third kappa shape index (κ3) is 3.24. The Labute approximate surface area is 112 Å². The molecule has 1 saturated heterocycles. The van der Waals surface area contributed by atoms with Crippen LogP contribution in [0.25, 0.3) is 0 Å². The van der Waals surface area contributed by atoms with Crippen LogP contribution in [0.1, 0.15) is 18.9 Å². The first-order valence-electron chi connectivity index (χ1n) is 6.44. The highest BCUT2D eigenvalue weighted by atomic mass is 16.4. The fourth-order valence-corrected chi connectivity index (χ4v) is 2.29. The van der Waals surface area contributed by atoms with Gasteiger partial charge < -0.3 is 15.3 Å². The van der Waals surface area contributed by atoms with E-state index in [0.717, 1.165) is 12.1 Å². The fourth-order valence-electron chi connectivity index (χ4n) is 2.29. The Morgan fingerprint density at radius 3 is 2.68 bits per heavy atom. The number of hydrogen-bond donors (Lipinski definition) is 2. The lowest BCUT2D eigenvalue weighted by Crippen LogP contribution is -2.55. The average Bonchev–Trinajstić information content (AvgIpc) is 2.40. The molecule has 5 nitrogen and oxygen atoms in total. The molecule has 1 aromatic carbocycles. The largest absolute Gasteiger partial charge is 0.481 e. The van der Waals surface area contributed by atoms with E-state index < -0.39 is 5.97 Å². The highest BCUT2D eigenvalue weighted by Gasteiger charge is 2.28. The topological polar surface area (TPSA) is 69.6 Å². The lowest BCUT2D eigenvalue weighted by atomic mass is 10.1. The van der Waals surface area contributed by atoms with E-state index in [2.05, 4.69) is 12.2 Å². The molecule has 2 N–H and O–H groups in total. The van der Waals surface area contributed by atoms with Crippen molar-refractivity contribution in [2.24, 2.45) is 0 Å². The number of nitrogens with zero attached hydrogens (tertiary/aromatic N) is 1. The van der Waals surface area contributed by atoms with Gasteiger partial charge in [-0.25, -0.2) is 0 Å². The first kappa shape index (κ1) is 13.4. The number of carbonyl (C=O) groups excluding carboxylic acids is 1. The first-order valence-corrected chi connectivity index (χ1v) is 6.44. The normalized spacial score (nSPS) is 19.1. The molecule has 1 aliphatic heterocycles. The number of carboxylic acid groups (broad SMARTS) is 1. The standard InChI is InChI=1S/C14H18N2O3/c1-2-10-3-5-11(6-4-10)16-9-13(17)15-8-12(16)7-14(18)19/h3-6,12H,2,7-9H2,1H3,(H,15,17)(H,18,19). The third-order valence-electron chi connectivity index (χ3n) is 3.38. The van der Waals surface area contributed by atoms with E-state index in [9.17, 15) is 9.59 Å². The van der Waals surface area contributed by atoms with Gasteiger partial charge in [-0.1, -0.05) is 19.1 Å². The highest BCUT2D eigenvalue weighted by molar-refractivity contribution is 5.83. The van der Waals surface area contributed by atoms with Gasteiger partial charge in [-0.3, -0.25) is 9.59 Å². The molecule has 2 rings (SSSR count). The van der Waals surface area contributed by atoms with Crippen LogP contribution in [0.15, 0.2) is 24.3 Å². The summed E-state index contributed by atoms with van der Waals surface area (Å²) in [5.74, 6) is -0.919. The maximum atomic E-state index is 11.5. The maximum Gasteiger partial charge on any atom is 0.305 e. The molecular formula is C14H18N2O3. The van der Waals surface area contributed by atoms with Gasteiger partial charge in [0, 0.05) is 12.2 Å². The quantitative estimate of drug-likeness (QED) is 0.850. The summed E-state index contributed by atoms with van der Waals surface area (Å²) in [5, 5.41) is 11.7. The van der Waals surface area contributed by atoms with Crippen molar-refractivity contribution in [3.8, 4) is 0 Å². The number of benzene rings is 1. The van der Waals surface area contributed by atoms with E-state index in [1.165, 1.54) is 5.56 Å². The van der Waals surface area contributed by atoms with Crippen molar-refractivity contribution < 1.29 is 14.7 Å². The van der Waals surface area contributed by atoms with E-state index in [-0.39, 0.29) is 24.9 Å². The van der Waals surface area contributed by atoms with Gasteiger partial charge >= 0.3 is 5.97 Å². The number of carbonyl (C=O) groups is 2. The Balaban J connectivity index is 2.20. The zero-order chi connectivity index (χ0) is 13.8. The van der Waals surface area contributed by atoms with Gasteiger partial charge in [-0.05, 0) is 24.1 Å². The van der Waals surface area contributed by atoms with Crippen molar-refractivity contribution in [1.82, 2.24) is 5.32 Å². The summed E-state index contributed by atoms with van der Waals surface area (Å²) in [4.78, 5) is 24.3. The summed E-state index contributed by atoms with van der Waals surface area (Å²) in [7, 11) is 0. The number of hydrogen-bond acceptors (Lipinski definition) is 3. The number of anilines is 1. The number of piperazine rings is 1. The molecule has 1 atom stereocenters. The van der Waals surface area contributed by atoms with Crippen LogP contribution in [0.4, 0.5) is 5.69 Å². The minimum atomic E-state index is -0.851. The molecule has 1 fully saturated rings. The van der Waals surface area contributed by atoms with E-state index in [1.54, 1.807) is 0 Å². The van der Waals surface area contributed by atoms with Gasteiger partial charge in [-0.2, -0.15) is 0 Å². The highest BCUT2D eigenvalue weighted by Crippen LogP contribution is 2.21. The lowest BCUT2D eigenvalue weighted by Gasteiger charge is -2.36. The summed E-state index contributed by atoms with van der Waals surface area (Å²) in [6.45, 7) is 2.67. The summed E-state index contributed by atoms with van der Waals surface area (Å²) in [6, 6.07) is 7.74. The predicted octanol–water partition coefficient (Wildman–Crippen LogP) is 1.03. The molecule has 0 saturated carbocycles. The van der Waals surface area contributed by atoms with E-state index in [4.69, 9.17) is 5.11 Å². The number of nitrogens with one attached hydrogen (secondary N) is 1. The molecule has 1 aromatic rings. The molecule has 1 amide bonds. The van der Waals surface area contributed by atoms with Gasteiger partial charge in [0.05, 0.1) is 19.0 Å². The zero-order valence-corrected chi connectivity index (χ0v) is 10.9. The molecule has 1 heterocycles. The van der Waals surface area contributed by atoms with E-state index in [0.29, 0.717) is 6.54 Å². The van der Waals surface area contributed by atoms with Crippen LogP contribution in [0, 0.1) is 0 Å². The van der Waals surface area contributed by atoms with E-state index >= 15 is 0 Å². The molecule has 0 radical (unpaired) electrons. The Bertz CT molecular complexity index is 470. The molecule has 0 aromatic heterocycles. The Morgan fingerprint density at radius 1 is 1.42 bits per heavy atom. The zero-order valence-electron chi connectivity index (χ0n) is 10.9. The van der Waals surface area contributed by atoms with Crippen LogP contribution < -0.4 is 10.2 Å². The fraction of sp³-hybridized carbons (Fsp3) is 0.429. The summed E-state index contributed by atoms with van der Waals surface area (Å²) < 4.78 is 0. The molecule has 0 aliphatic carbocycles. The molecule has 1 unspecified atom stereocenters. The Morgan fingerprint density at radius 2 is 2.11 bits per heavy atom. The van der Waals surface area contributed by atoms with Crippen molar-refractivity contribution in [3.05, 3.63) is 29.8 Å². The Kier molecular flexibility index (Phi) is 4.04. The van der Waals surface area contributed by atoms with Gasteiger partial charge in [0.1, 0.15) is 0 Å². The molecule has 5 heteroatoms. The third-order valence-corrected chi connectivity index (χ3v) is 3.38. The van der Waals surface area contributed by atoms with Gasteiger partial charge in [0.15, 0.2) is 0 Å². The van der Waals surface area contributed by atoms with Gasteiger partial charge in [0.2, 0.25) is 5.91 Å². The maximum absolute atomic E-state index is 11.5. The van der Waals surface area contributed by atoms with Crippen molar-refractivity contribution in [2.75, 3.05) is 18.0 Å². The Hall–Kier alpha value is -2.04. The molecular weight excluding hydrogens is 244 g/mol. The molecule has 102 valence electrons. The van der Waals surface area contributed by atoms with Crippen LogP contribution in [-0.4, -0.2) is 36.1 Å². The van der Waals surface area contributed by atoms with Crippen molar-refractivity contribution in [1.29, 1.82) is 0 Å².